The van der Waals surface area contributed by atoms with E-state index in [9.17, 15) is 19.2 Å². The van der Waals surface area contributed by atoms with Gasteiger partial charge in [0.05, 0.1) is 26.4 Å². The van der Waals surface area contributed by atoms with Gasteiger partial charge in [-0.3, -0.25) is 0 Å². The molecule has 0 aromatic carbocycles. The molecule has 0 radical (unpaired) electrons. The van der Waals surface area contributed by atoms with Crippen LogP contribution in [0.1, 0.15) is 25.7 Å². The Labute approximate surface area is 236 Å². The summed E-state index contributed by atoms with van der Waals surface area (Å²) < 4.78 is 18.3. The highest BCUT2D eigenvalue weighted by molar-refractivity contribution is 8.99. The molecule has 208 valence electrons. The van der Waals surface area contributed by atoms with Gasteiger partial charge in [-0.15, -0.1) is 0 Å². The predicted octanol–water partition coefficient (Wildman–Crippen LogP) is 4.83. The van der Waals surface area contributed by atoms with Crippen LogP contribution < -0.4 is 0 Å². The molecule has 0 aliphatic rings. The first-order chi connectivity index (χ1) is 17.8. The quantitative estimate of drug-likeness (QED) is 0.0493. The summed E-state index contributed by atoms with van der Waals surface area (Å²) in [6.07, 6.45) is 7.38. The summed E-state index contributed by atoms with van der Waals surface area (Å²) >= 11 is 7.49. The topological polar surface area (TPSA) is 105 Å². The van der Waals surface area contributed by atoms with Crippen LogP contribution >= 0.6 is 44.8 Å². The first-order valence-corrected chi connectivity index (χ1v) is 20.4. The zero-order valence-electron chi connectivity index (χ0n) is 21.0. The van der Waals surface area contributed by atoms with Crippen LogP contribution in [0.5, 0.6) is 0 Å². The van der Waals surface area contributed by atoms with E-state index in [0.717, 1.165) is 47.3 Å². The van der Waals surface area contributed by atoms with Crippen molar-refractivity contribution in [1.29, 1.82) is 0 Å². The van der Waals surface area contributed by atoms with Crippen molar-refractivity contribution in [3.63, 3.8) is 0 Å². The lowest BCUT2D eigenvalue weighted by atomic mass is 10.5. The van der Waals surface area contributed by atoms with Gasteiger partial charge < -0.3 is 18.9 Å². The van der Waals surface area contributed by atoms with Crippen LogP contribution in [-0.2, 0) is 38.1 Å². The Morgan fingerprint density at radius 1 is 0.486 bits per heavy atom. The molecule has 0 rings (SSSR count). The van der Waals surface area contributed by atoms with Crippen LogP contribution in [-0.4, -0.2) is 78.0 Å². The Morgan fingerprint density at radius 2 is 0.703 bits per heavy atom. The molecular weight excluding hydrogens is 573 g/mol. The molecule has 0 unspecified atom stereocenters. The molecule has 0 heterocycles. The maximum Gasteiger partial charge on any atom is 0.330 e. The zero-order chi connectivity index (χ0) is 27.8. The molecular formula is C24H36O8S4Si. The molecule has 0 atom stereocenters. The molecule has 0 spiro atoms. The third kappa shape index (κ3) is 20.1. The molecule has 13 heteroatoms. The number of hydrogen-bond acceptors (Lipinski definition) is 12. The predicted molar refractivity (Wildman–Crippen MR) is 159 cm³/mol. The van der Waals surface area contributed by atoms with Gasteiger partial charge in [0, 0.05) is 24.3 Å². The summed E-state index contributed by atoms with van der Waals surface area (Å²) in [5.41, 5.74) is 0. The minimum Gasteiger partial charge on any atom is -0.463 e. The van der Waals surface area contributed by atoms with Crippen molar-refractivity contribution < 1.29 is 38.1 Å². The highest BCUT2D eigenvalue weighted by Gasteiger charge is 2.36. The third-order valence-corrected chi connectivity index (χ3v) is 26.7. The summed E-state index contributed by atoms with van der Waals surface area (Å²) in [4.78, 5) is 45.3. The molecule has 8 nitrogen and oxygen atoms in total. The molecule has 0 saturated heterocycles. The Bertz CT molecular complexity index is 638. The molecule has 0 fully saturated rings. The lowest BCUT2D eigenvalue weighted by Gasteiger charge is -2.29. The van der Waals surface area contributed by atoms with E-state index in [-0.39, 0.29) is 0 Å². The Morgan fingerprint density at radius 3 is 0.892 bits per heavy atom. The van der Waals surface area contributed by atoms with Gasteiger partial charge in [0.15, 0.2) is 0 Å². The summed E-state index contributed by atoms with van der Waals surface area (Å²) in [7, 11) is 0. The van der Waals surface area contributed by atoms with Gasteiger partial charge in [-0.05, 0) is 48.7 Å². The fraction of sp³-hybridized carbons (Fsp3) is 0.500. The molecule has 0 aromatic heterocycles. The van der Waals surface area contributed by atoms with Crippen LogP contribution in [0.3, 0.4) is 0 Å². The van der Waals surface area contributed by atoms with E-state index >= 15 is 0 Å². The third-order valence-electron chi connectivity index (χ3n) is 3.91. The molecule has 0 N–H and O–H groups in total. The van der Waals surface area contributed by atoms with Gasteiger partial charge in [0.1, 0.15) is 0 Å². The van der Waals surface area contributed by atoms with Crippen LogP contribution in [0.2, 0.25) is 0 Å². The summed E-state index contributed by atoms with van der Waals surface area (Å²) in [5.74, 6) is 1.43. The van der Waals surface area contributed by atoms with Gasteiger partial charge in [-0.1, -0.05) is 26.3 Å². The second kappa shape index (κ2) is 23.6. The standard InChI is InChI=1S/C24H36O8S4Si/c1-5-21(25)29-13-9-17-33-37(34-18-10-14-30-22(26)6-2,35-19-11-15-31-23(27)7-3)36-20-12-16-32-24(28)8-4/h5-8H,1-4,9-20H2. The summed E-state index contributed by atoms with van der Waals surface area (Å²) in [6, 6.07) is 0. The second-order valence-corrected chi connectivity index (χ2v) is 26.0. The number of carbonyl (C=O) groups is 4. The van der Waals surface area contributed by atoms with Crippen molar-refractivity contribution in [3.05, 3.63) is 50.6 Å². The van der Waals surface area contributed by atoms with Gasteiger partial charge in [-0.25, -0.2) is 19.2 Å². The summed E-state index contributed by atoms with van der Waals surface area (Å²) in [5, 5.41) is 0. The van der Waals surface area contributed by atoms with Crippen molar-refractivity contribution >= 4 is 73.4 Å². The number of hydrogen-bond donors (Lipinski definition) is 0. The van der Waals surface area contributed by atoms with E-state index in [2.05, 4.69) is 26.3 Å². The van der Waals surface area contributed by atoms with E-state index in [1.54, 1.807) is 0 Å². The van der Waals surface area contributed by atoms with Gasteiger partial charge >= 0.3 is 28.5 Å². The molecule has 0 bridgehead atoms. The summed E-state index contributed by atoms with van der Waals surface area (Å²) in [6.45, 7) is 14.9. The van der Waals surface area contributed by atoms with Gasteiger partial charge in [-0.2, -0.15) is 44.8 Å². The number of carbonyl (C=O) groups excluding carboxylic acids is 4. The largest absolute Gasteiger partial charge is 0.463 e. The SMILES string of the molecule is C=CC(=O)OCCCS[Si](SCCCOC(=O)C=C)(SCCCOC(=O)C=C)SCCCOC(=O)C=C. The minimum atomic E-state index is -2.11. The number of ether oxygens (including phenoxy) is 4. The molecule has 0 aliphatic heterocycles. The fourth-order valence-corrected chi connectivity index (χ4v) is 24.5. The van der Waals surface area contributed by atoms with Crippen molar-refractivity contribution in [2.75, 3.05) is 49.4 Å². The van der Waals surface area contributed by atoms with Crippen molar-refractivity contribution in [3.8, 4) is 0 Å². The average molecular weight is 609 g/mol. The Hall–Kier alpha value is -1.54. The highest BCUT2D eigenvalue weighted by atomic mass is 32.9. The highest BCUT2D eigenvalue weighted by Crippen LogP contribution is 2.51. The number of rotatable bonds is 24. The first kappa shape index (κ1) is 35.5. The lowest BCUT2D eigenvalue weighted by Crippen LogP contribution is -2.23. The number of esters is 4. The average Bonchev–Trinajstić information content (AvgIpc) is 2.91. The van der Waals surface area contributed by atoms with Gasteiger partial charge in [0.2, 0.25) is 0 Å². The van der Waals surface area contributed by atoms with Crippen LogP contribution in [0, 0.1) is 0 Å². The minimum absolute atomic E-state index is 0.314. The van der Waals surface area contributed by atoms with Crippen molar-refractivity contribution in [1.82, 2.24) is 0 Å². The molecule has 0 aliphatic carbocycles. The molecule has 0 aromatic rings. The maximum atomic E-state index is 11.3. The molecule has 37 heavy (non-hydrogen) atoms. The van der Waals surface area contributed by atoms with Crippen LogP contribution in [0.4, 0.5) is 0 Å². The fourth-order valence-electron chi connectivity index (χ4n) is 2.20. The van der Waals surface area contributed by atoms with E-state index in [4.69, 9.17) is 18.9 Å². The Balaban J connectivity index is 5.11. The maximum absolute atomic E-state index is 11.3. The van der Waals surface area contributed by atoms with E-state index in [1.807, 2.05) is 44.8 Å². The Kier molecular flexibility index (Phi) is 22.6. The molecule has 0 amide bonds. The second-order valence-electron chi connectivity index (χ2n) is 6.79. The monoisotopic (exact) mass is 608 g/mol. The van der Waals surface area contributed by atoms with Gasteiger partial charge in [0.25, 0.3) is 0 Å². The normalized spacial score (nSPS) is 10.6. The van der Waals surface area contributed by atoms with Crippen molar-refractivity contribution in [2.24, 2.45) is 0 Å². The van der Waals surface area contributed by atoms with Crippen LogP contribution in [0.15, 0.2) is 50.6 Å². The molecule has 0 saturated carbocycles. The van der Waals surface area contributed by atoms with E-state index < -0.39 is 28.5 Å². The lowest BCUT2D eigenvalue weighted by molar-refractivity contribution is -0.138. The zero-order valence-corrected chi connectivity index (χ0v) is 25.3. The van der Waals surface area contributed by atoms with Crippen molar-refractivity contribution in [2.45, 2.75) is 25.7 Å². The first-order valence-electron chi connectivity index (χ1n) is 11.5. The van der Waals surface area contributed by atoms with Crippen LogP contribution in [0.25, 0.3) is 0 Å². The van der Waals surface area contributed by atoms with E-state index in [1.165, 1.54) is 0 Å². The smallest absolute Gasteiger partial charge is 0.330 e. The van der Waals surface area contributed by atoms with E-state index in [0.29, 0.717) is 52.1 Å².